The Hall–Kier alpha value is -2.24. The van der Waals surface area contributed by atoms with Crippen LogP contribution in [-0.4, -0.2) is 16.7 Å². The fourth-order valence-corrected chi connectivity index (χ4v) is 2.27. The first-order valence-corrected chi connectivity index (χ1v) is 6.98. The molecule has 1 amide bonds. The summed E-state index contributed by atoms with van der Waals surface area (Å²) in [4.78, 5) is 11.3. The molecule has 0 radical (unpaired) electrons. The molecule has 6 heteroatoms. The molecule has 0 aliphatic carbocycles. The summed E-state index contributed by atoms with van der Waals surface area (Å²) in [5.74, 6) is -0.286. The van der Waals surface area contributed by atoms with Crippen LogP contribution < -0.4 is 5.32 Å². The topological polar surface area (TPSA) is 34.0 Å². The quantitative estimate of drug-likeness (QED) is 0.618. The second-order valence-electron chi connectivity index (χ2n) is 5.05. The van der Waals surface area contributed by atoms with Gasteiger partial charge in [0, 0.05) is 35.8 Å². The van der Waals surface area contributed by atoms with Crippen molar-refractivity contribution >= 4 is 22.5 Å². The third kappa shape index (κ3) is 4.38. The highest BCUT2D eigenvalue weighted by Gasteiger charge is 2.25. The van der Waals surface area contributed by atoms with Crippen LogP contribution in [0.4, 0.5) is 18.9 Å². The molecule has 2 aromatic rings. The van der Waals surface area contributed by atoms with Crippen molar-refractivity contribution in [1.29, 1.82) is 0 Å². The van der Waals surface area contributed by atoms with Crippen LogP contribution in [0.25, 0.3) is 10.9 Å². The van der Waals surface area contributed by atoms with Crippen molar-refractivity contribution in [2.24, 2.45) is 0 Å². The molecule has 1 heterocycles. The lowest BCUT2D eigenvalue weighted by atomic mass is 10.2. The van der Waals surface area contributed by atoms with Gasteiger partial charge in [0.05, 0.1) is 0 Å². The molecule has 1 N–H and O–H groups in total. The maximum absolute atomic E-state index is 12.1. The van der Waals surface area contributed by atoms with Gasteiger partial charge in [-0.15, -0.1) is 0 Å². The van der Waals surface area contributed by atoms with E-state index in [9.17, 15) is 18.0 Å². The fourth-order valence-electron chi connectivity index (χ4n) is 2.27. The molecule has 0 spiro atoms. The Kier molecular flexibility index (Phi) is 4.90. The smallest absolute Gasteiger partial charge is 0.347 e. The number of rotatable bonds is 6. The van der Waals surface area contributed by atoms with Crippen molar-refractivity contribution < 1.29 is 18.0 Å². The third-order valence-corrected chi connectivity index (χ3v) is 3.33. The Labute approximate surface area is 126 Å². The van der Waals surface area contributed by atoms with Gasteiger partial charge >= 0.3 is 6.18 Å². The average molecular weight is 310 g/mol. The molecule has 22 heavy (non-hydrogen) atoms. The van der Waals surface area contributed by atoms with Gasteiger partial charge in [0.2, 0.25) is 5.91 Å². The molecule has 0 aliphatic rings. The number of carbonyl (C=O) groups is 1. The summed E-state index contributed by atoms with van der Waals surface area (Å²) >= 11 is 0. The number of benzene rings is 1. The van der Waals surface area contributed by atoms with E-state index in [1.807, 2.05) is 29.0 Å². The Morgan fingerprint density at radius 2 is 2.05 bits per heavy atom. The summed E-state index contributed by atoms with van der Waals surface area (Å²) in [5, 5.41) is 3.60. The molecule has 0 saturated heterocycles. The first-order valence-electron chi connectivity index (χ1n) is 6.98. The second-order valence-corrected chi connectivity index (χ2v) is 5.05. The third-order valence-electron chi connectivity index (χ3n) is 3.33. The molecule has 0 saturated carbocycles. The molecular weight excluding hydrogens is 293 g/mol. The van der Waals surface area contributed by atoms with E-state index in [1.165, 1.54) is 6.08 Å². The van der Waals surface area contributed by atoms with E-state index in [4.69, 9.17) is 0 Å². The van der Waals surface area contributed by atoms with Crippen LogP contribution in [0.15, 0.2) is 43.1 Å². The number of amides is 1. The molecule has 0 bridgehead atoms. The first kappa shape index (κ1) is 16.1. The van der Waals surface area contributed by atoms with Crippen molar-refractivity contribution in [3.05, 3.63) is 43.1 Å². The SMILES string of the molecule is C=CC(=O)Nc1ccc2c(ccn2CCCCC(F)(F)F)c1. The number of carbonyl (C=O) groups excluding carboxylic acids is 1. The van der Waals surface area contributed by atoms with Crippen LogP contribution in [0.2, 0.25) is 0 Å². The molecule has 0 aliphatic heterocycles. The Morgan fingerprint density at radius 1 is 1.27 bits per heavy atom. The van der Waals surface area contributed by atoms with Crippen LogP contribution in [0.5, 0.6) is 0 Å². The largest absolute Gasteiger partial charge is 0.389 e. The summed E-state index contributed by atoms with van der Waals surface area (Å²) in [6.45, 7) is 3.93. The van der Waals surface area contributed by atoms with E-state index in [0.717, 1.165) is 10.9 Å². The summed E-state index contributed by atoms with van der Waals surface area (Å²) in [5.41, 5.74) is 1.59. The number of nitrogens with zero attached hydrogens (tertiary/aromatic N) is 1. The van der Waals surface area contributed by atoms with Gasteiger partial charge in [0.15, 0.2) is 0 Å². The van der Waals surface area contributed by atoms with Crippen molar-refractivity contribution in [1.82, 2.24) is 4.57 Å². The summed E-state index contributed by atoms with van der Waals surface area (Å²) < 4.78 is 38.2. The van der Waals surface area contributed by atoms with Crippen LogP contribution >= 0.6 is 0 Å². The molecule has 0 unspecified atom stereocenters. The number of aromatic nitrogens is 1. The zero-order chi connectivity index (χ0) is 16.2. The summed E-state index contributed by atoms with van der Waals surface area (Å²) in [6.07, 6.45) is -1.21. The van der Waals surface area contributed by atoms with Gasteiger partial charge in [-0.2, -0.15) is 13.2 Å². The number of hydrogen-bond acceptors (Lipinski definition) is 1. The van der Waals surface area contributed by atoms with E-state index in [1.54, 1.807) is 6.07 Å². The average Bonchev–Trinajstić information content (AvgIpc) is 2.85. The van der Waals surface area contributed by atoms with Gasteiger partial charge < -0.3 is 9.88 Å². The van der Waals surface area contributed by atoms with E-state index >= 15 is 0 Å². The van der Waals surface area contributed by atoms with E-state index in [2.05, 4.69) is 11.9 Å². The van der Waals surface area contributed by atoms with Gasteiger partial charge in [-0.25, -0.2) is 0 Å². The monoisotopic (exact) mass is 310 g/mol. The van der Waals surface area contributed by atoms with Gasteiger partial charge in [-0.1, -0.05) is 6.58 Å². The van der Waals surface area contributed by atoms with E-state index < -0.39 is 12.6 Å². The minimum absolute atomic E-state index is 0.122. The van der Waals surface area contributed by atoms with Crippen molar-refractivity contribution in [2.45, 2.75) is 32.0 Å². The van der Waals surface area contributed by atoms with Gasteiger partial charge in [-0.05, 0) is 43.2 Å². The zero-order valence-corrected chi connectivity index (χ0v) is 12.0. The highest BCUT2D eigenvalue weighted by Crippen LogP contribution is 2.24. The standard InChI is InChI=1S/C16H17F3N2O/c1-2-15(22)20-13-5-6-14-12(11-13)7-10-21(14)9-4-3-8-16(17,18)19/h2,5-7,10-11H,1,3-4,8-9H2,(H,20,22). The number of aryl methyl sites for hydroxylation is 1. The van der Waals surface area contributed by atoms with Crippen LogP contribution in [0.1, 0.15) is 19.3 Å². The highest BCUT2D eigenvalue weighted by atomic mass is 19.4. The van der Waals surface area contributed by atoms with Crippen LogP contribution in [0.3, 0.4) is 0 Å². The lowest BCUT2D eigenvalue weighted by Gasteiger charge is -2.08. The Balaban J connectivity index is 2.00. The maximum atomic E-state index is 12.1. The molecule has 0 fully saturated rings. The molecule has 1 aromatic heterocycles. The Bertz CT molecular complexity index is 674. The highest BCUT2D eigenvalue weighted by molar-refractivity contribution is 6.00. The first-order chi connectivity index (χ1) is 10.4. The van der Waals surface area contributed by atoms with Gasteiger partial charge in [0.25, 0.3) is 0 Å². The minimum Gasteiger partial charge on any atom is -0.347 e. The fraction of sp³-hybridized carbons (Fsp3) is 0.312. The number of hydrogen-bond donors (Lipinski definition) is 1. The lowest BCUT2D eigenvalue weighted by molar-refractivity contribution is -0.135. The van der Waals surface area contributed by atoms with Crippen molar-refractivity contribution in [3.63, 3.8) is 0 Å². The molecule has 118 valence electrons. The lowest BCUT2D eigenvalue weighted by Crippen LogP contribution is -2.07. The maximum Gasteiger partial charge on any atom is 0.389 e. The number of unbranched alkanes of at least 4 members (excludes halogenated alkanes) is 1. The minimum atomic E-state index is -4.09. The van der Waals surface area contributed by atoms with Gasteiger partial charge in [0.1, 0.15) is 0 Å². The van der Waals surface area contributed by atoms with E-state index in [0.29, 0.717) is 18.7 Å². The van der Waals surface area contributed by atoms with Crippen molar-refractivity contribution in [3.8, 4) is 0 Å². The molecule has 0 atom stereocenters. The Morgan fingerprint density at radius 3 is 2.73 bits per heavy atom. The summed E-state index contributed by atoms with van der Waals surface area (Å²) in [7, 11) is 0. The number of fused-ring (bicyclic) bond motifs is 1. The van der Waals surface area contributed by atoms with E-state index in [-0.39, 0.29) is 12.3 Å². The zero-order valence-electron chi connectivity index (χ0n) is 12.0. The second kappa shape index (κ2) is 6.68. The van der Waals surface area contributed by atoms with Crippen LogP contribution in [0, 0.1) is 0 Å². The molecule has 1 aromatic carbocycles. The van der Waals surface area contributed by atoms with Gasteiger partial charge in [-0.3, -0.25) is 4.79 Å². The van der Waals surface area contributed by atoms with Crippen LogP contribution in [-0.2, 0) is 11.3 Å². The molecule has 3 nitrogen and oxygen atoms in total. The normalized spacial score (nSPS) is 11.6. The number of alkyl halides is 3. The molecular formula is C16H17F3N2O. The molecule has 2 rings (SSSR count). The number of halogens is 3. The van der Waals surface area contributed by atoms with Crippen molar-refractivity contribution in [2.75, 3.05) is 5.32 Å². The predicted molar refractivity (Wildman–Crippen MR) is 80.7 cm³/mol. The summed E-state index contributed by atoms with van der Waals surface area (Å²) in [6, 6.07) is 7.30. The number of nitrogens with one attached hydrogen (secondary N) is 1. The number of anilines is 1. The predicted octanol–water partition coefficient (Wildman–Crippen LogP) is 4.50.